The molecule has 0 aromatic heterocycles. The number of carbonyl (C=O) groups excluding carboxylic acids is 1. The van der Waals surface area contributed by atoms with Gasteiger partial charge in [0.1, 0.15) is 5.75 Å². The van der Waals surface area contributed by atoms with Crippen molar-refractivity contribution in [3.05, 3.63) is 100 Å². The van der Waals surface area contributed by atoms with Crippen LogP contribution in [0, 0.1) is 0 Å². The third-order valence-electron chi connectivity index (χ3n) is 5.92. The highest BCUT2D eigenvalue weighted by molar-refractivity contribution is 9.10. The Morgan fingerprint density at radius 1 is 0.903 bits per heavy atom. The van der Waals surface area contributed by atoms with E-state index in [1.165, 1.54) is 5.56 Å². The predicted octanol–water partition coefficient (Wildman–Crippen LogP) is 5.02. The molecule has 160 valence electrons. The lowest BCUT2D eigenvalue weighted by Gasteiger charge is -2.35. The zero-order valence-corrected chi connectivity index (χ0v) is 19.0. The van der Waals surface area contributed by atoms with Gasteiger partial charge in [0.2, 0.25) is 5.91 Å². The van der Waals surface area contributed by atoms with E-state index >= 15 is 0 Å². The quantitative estimate of drug-likeness (QED) is 0.540. The molecule has 1 amide bonds. The van der Waals surface area contributed by atoms with Gasteiger partial charge in [-0.1, -0.05) is 76.6 Å². The van der Waals surface area contributed by atoms with Crippen LogP contribution in [0.15, 0.2) is 83.3 Å². The smallest absolute Gasteiger partial charge is 0.223 e. The number of carbonyl (C=O) groups is 1. The van der Waals surface area contributed by atoms with E-state index in [0.717, 1.165) is 48.3 Å². The van der Waals surface area contributed by atoms with Crippen LogP contribution in [0.25, 0.3) is 0 Å². The highest BCUT2D eigenvalue weighted by atomic mass is 79.9. The molecular weight excluding hydrogens is 452 g/mol. The summed E-state index contributed by atoms with van der Waals surface area (Å²) in [6.07, 6.45) is 0.340. The molecule has 1 aliphatic heterocycles. The fraction of sp³-hybridized carbons (Fsp3) is 0.269. The second-order valence-corrected chi connectivity index (χ2v) is 8.93. The predicted molar refractivity (Wildman–Crippen MR) is 127 cm³/mol. The van der Waals surface area contributed by atoms with Crippen LogP contribution in [0.1, 0.15) is 29.0 Å². The van der Waals surface area contributed by atoms with Crippen molar-refractivity contribution >= 4 is 21.8 Å². The normalized spacial score (nSPS) is 15.6. The molecule has 0 spiro atoms. The summed E-state index contributed by atoms with van der Waals surface area (Å²) < 4.78 is 0.892. The highest BCUT2D eigenvalue weighted by Crippen LogP contribution is 2.36. The summed E-state index contributed by atoms with van der Waals surface area (Å²) in [5.74, 6) is 0.165. The molecule has 1 aliphatic rings. The molecule has 3 aromatic carbocycles. The van der Waals surface area contributed by atoms with Crippen LogP contribution < -0.4 is 0 Å². The van der Waals surface area contributed by atoms with Gasteiger partial charge in [-0.15, -0.1) is 0 Å². The fourth-order valence-electron chi connectivity index (χ4n) is 4.20. The number of phenols is 1. The van der Waals surface area contributed by atoms with E-state index in [-0.39, 0.29) is 17.6 Å². The molecule has 0 bridgehead atoms. The summed E-state index contributed by atoms with van der Waals surface area (Å²) in [6, 6.07) is 25.8. The Bertz CT molecular complexity index is 1000. The molecule has 1 fully saturated rings. The maximum atomic E-state index is 13.2. The zero-order valence-electron chi connectivity index (χ0n) is 17.5. The second kappa shape index (κ2) is 10.1. The van der Waals surface area contributed by atoms with Gasteiger partial charge >= 0.3 is 0 Å². The van der Waals surface area contributed by atoms with Crippen LogP contribution in [0.4, 0.5) is 0 Å². The average molecular weight is 479 g/mol. The lowest BCUT2D eigenvalue weighted by Crippen LogP contribution is -2.48. The second-order valence-electron chi connectivity index (χ2n) is 8.01. The molecule has 4 nitrogen and oxygen atoms in total. The number of hydrogen-bond donors (Lipinski definition) is 1. The molecule has 5 heteroatoms. The largest absolute Gasteiger partial charge is 0.508 e. The molecule has 31 heavy (non-hydrogen) atoms. The van der Waals surface area contributed by atoms with Crippen molar-refractivity contribution in [3.8, 4) is 5.75 Å². The van der Waals surface area contributed by atoms with E-state index in [4.69, 9.17) is 0 Å². The lowest BCUT2D eigenvalue weighted by molar-refractivity contribution is -0.133. The minimum Gasteiger partial charge on any atom is -0.508 e. The Labute approximate surface area is 192 Å². The maximum absolute atomic E-state index is 13.2. The lowest BCUT2D eigenvalue weighted by atomic mass is 9.87. The molecule has 1 atom stereocenters. The van der Waals surface area contributed by atoms with Gasteiger partial charge in [-0.2, -0.15) is 0 Å². The Balaban J connectivity index is 1.44. The summed E-state index contributed by atoms with van der Waals surface area (Å²) in [4.78, 5) is 17.6. The SMILES string of the molecule is O=C(C[C@H](c1ccccc1)c1cc(Br)ccc1O)N1CCN(Cc2ccccc2)CC1. The van der Waals surface area contributed by atoms with Gasteiger partial charge in [-0.3, -0.25) is 9.69 Å². The molecule has 1 N–H and O–H groups in total. The first-order valence-corrected chi connectivity index (χ1v) is 11.5. The van der Waals surface area contributed by atoms with Gasteiger partial charge in [0, 0.05) is 55.1 Å². The van der Waals surface area contributed by atoms with Gasteiger partial charge in [-0.05, 0) is 29.3 Å². The van der Waals surface area contributed by atoms with E-state index in [1.807, 2.05) is 53.4 Å². The average Bonchev–Trinajstić information content (AvgIpc) is 2.81. The molecule has 1 saturated heterocycles. The minimum absolute atomic E-state index is 0.132. The van der Waals surface area contributed by atoms with Crippen LogP contribution >= 0.6 is 15.9 Å². The number of halogens is 1. The third kappa shape index (κ3) is 5.54. The first kappa shape index (κ1) is 21.6. The van der Waals surface area contributed by atoms with Crippen LogP contribution in [-0.4, -0.2) is 47.0 Å². The summed E-state index contributed by atoms with van der Waals surface area (Å²) in [7, 11) is 0. The Morgan fingerprint density at radius 3 is 2.23 bits per heavy atom. The topological polar surface area (TPSA) is 43.8 Å². The molecule has 0 radical (unpaired) electrons. The maximum Gasteiger partial charge on any atom is 0.223 e. The van der Waals surface area contributed by atoms with E-state index in [2.05, 4.69) is 45.1 Å². The number of piperazine rings is 1. The van der Waals surface area contributed by atoms with Gasteiger partial charge in [0.05, 0.1) is 0 Å². The van der Waals surface area contributed by atoms with Crippen molar-refractivity contribution < 1.29 is 9.90 Å². The highest BCUT2D eigenvalue weighted by Gasteiger charge is 2.26. The molecular formula is C26H27BrN2O2. The number of hydrogen-bond acceptors (Lipinski definition) is 3. The summed E-state index contributed by atoms with van der Waals surface area (Å²) in [5, 5.41) is 10.5. The molecule has 3 aromatic rings. The Morgan fingerprint density at radius 2 is 1.55 bits per heavy atom. The van der Waals surface area contributed by atoms with Crippen LogP contribution in [0.5, 0.6) is 5.75 Å². The molecule has 1 heterocycles. The molecule has 0 saturated carbocycles. The van der Waals surface area contributed by atoms with Gasteiger partial charge < -0.3 is 10.0 Å². The number of aromatic hydroxyl groups is 1. The standard InChI is InChI=1S/C26H27BrN2O2/c27-22-11-12-25(30)24(17-22)23(21-9-5-2-6-10-21)18-26(31)29-15-13-28(14-16-29)19-20-7-3-1-4-8-20/h1-12,17,23,30H,13-16,18-19H2/t23-/m1/s1. The van der Waals surface area contributed by atoms with E-state index < -0.39 is 0 Å². The van der Waals surface area contributed by atoms with Crippen molar-refractivity contribution in [1.82, 2.24) is 9.80 Å². The van der Waals surface area contributed by atoms with Gasteiger partial charge in [0.15, 0.2) is 0 Å². The minimum atomic E-state index is -0.187. The monoisotopic (exact) mass is 478 g/mol. The Kier molecular flexibility index (Phi) is 7.05. The molecule has 0 aliphatic carbocycles. The summed E-state index contributed by atoms with van der Waals surface area (Å²) >= 11 is 3.50. The number of benzene rings is 3. The third-order valence-corrected chi connectivity index (χ3v) is 6.41. The van der Waals surface area contributed by atoms with Crippen molar-refractivity contribution in [2.75, 3.05) is 26.2 Å². The molecule has 0 unspecified atom stereocenters. The zero-order chi connectivity index (χ0) is 21.6. The van der Waals surface area contributed by atoms with Crippen LogP contribution in [0.3, 0.4) is 0 Å². The van der Waals surface area contributed by atoms with Crippen LogP contribution in [-0.2, 0) is 11.3 Å². The number of rotatable bonds is 6. The first-order chi connectivity index (χ1) is 15.1. The van der Waals surface area contributed by atoms with Crippen molar-refractivity contribution in [1.29, 1.82) is 0 Å². The van der Waals surface area contributed by atoms with E-state index in [0.29, 0.717) is 6.42 Å². The first-order valence-electron chi connectivity index (χ1n) is 10.7. The fourth-order valence-corrected chi connectivity index (χ4v) is 4.58. The summed E-state index contributed by atoms with van der Waals surface area (Å²) in [6.45, 7) is 4.13. The van der Waals surface area contributed by atoms with Gasteiger partial charge in [0.25, 0.3) is 0 Å². The van der Waals surface area contributed by atoms with Crippen LogP contribution in [0.2, 0.25) is 0 Å². The van der Waals surface area contributed by atoms with Crippen molar-refractivity contribution in [2.24, 2.45) is 0 Å². The Hall–Kier alpha value is -2.63. The number of nitrogens with zero attached hydrogens (tertiary/aromatic N) is 2. The van der Waals surface area contributed by atoms with E-state index in [9.17, 15) is 9.90 Å². The van der Waals surface area contributed by atoms with E-state index in [1.54, 1.807) is 6.07 Å². The number of phenolic OH excluding ortho intramolecular Hbond substituents is 1. The number of amides is 1. The summed E-state index contributed by atoms with van der Waals surface area (Å²) in [5.41, 5.74) is 3.11. The molecule has 4 rings (SSSR count). The van der Waals surface area contributed by atoms with Gasteiger partial charge in [-0.25, -0.2) is 0 Å². The van der Waals surface area contributed by atoms with Crippen molar-refractivity contribution in [3.63, 3.8) is 0 Å². The van der Waals surface area contributed by atoms with Crippen molar-refractivity contribution in [2.45, 2.75) is 18.9 Å².